The molecule has 0 saturated carbocycles. The highest BCUT2D eigenvalue weighted by Crippen LogP contribution is 2.42. The van der Waals surface area contributed by atoms with E-state index < -0.39 is 85.9 Å². The van der Waals surface area contributed by atoms with Crippen LogP contribution in [0, 0.1) is 0 Å². The number of hydrogen-bond donors (Lipinski definition) is 8. The van der Waals surface area contributed by atoms with E-state index in [-0.39, 0.29) is 11.3 Å². The Morgan fingerprint density at radius 3 is 1.91 bits per heavy atom. The first-order valence-corrected chi connectivity index (χ1v) is 10.6. The van der Waals surface area contributed by atoms with Crippen molar-refractivity contribution in [1.82, 2.24) is 0 Å². The highest BCUT2D eigenvalue weighted by molar-refractivity contribution is 6.02. The Morgan fingerprint density at radius 2 is 1.43 bits per heavy atom. The molecule has 1 unspecified atom stereocenters. The van der Waals surface area contributed by atoms with Crippen molar-refractivity contribution in [2.24, 2.45) is 0 Å². The number of rotatable bonds is 8. The Labute approximate surface area is 198 Å². The Bertz CT molecular complexity index is 906. The molecule has 2 heterocycles. The summed E-state index contributed by atoms with van der Waals surface area (Å²) in [6.07, 6.45) is -13.4. The van der Waals surface area contributed by atoms with E-state index in [2.05, 4.69) is 0 Å². The molecule has 1 aromatic rings. The van der Waals surface area contributed by atoms with E-state index in [9.17, 15) is 50.4 Å². The van der Waals surface area contributed by atoms with Crippen LogP contribution in [0.25, 0.3) is 0 Å². The van der Waals surface area contributed by atoms with Gasteiger partial charge in [0.2, 0.25) is 11.6 Å². The number of aliphatic hydroxyl groups excluding tert-OH is 8. The first-order chi connectivity index (χ1) is 16.5. The second-order valence-corrected chi connectivity index (χ2v) is 8.23. The average molecular weight is 504 g/mol. The third kappa shape index (κ3) is 4.83. The van der Waals surface area contributed by atoms with Crippen molar-refractivity contribution in [2.75, 3.05) is 19.8 Å². The summed E-state index contributed by atoms with van der Waals surface area (Å²) in [5.74, 6) is -7.44. The quantitative estimate of drug-likeness (QED) is 0.0952. The second kappa shape index (κ2) is 10.5. The third-order valence-corrected chi connectivity index (χ3v) is 5.88. The van der Waals surface area contributed by atoms with Gasteiger partial charge in [0.1, 0.15) is 55.1 Å². The van der Waals surface area contributed by atoms with E-state index in [0.29, 0.717) is 0 Å². The minimum atomic E-state index is -3.01. The van der Waals surface area contributed by atoms with Gasteiger partial charge in [-0.15, -0.1) is 0 Å². The van der Waals surface area contributed by atoms with Gasteiger partial charge in [-0.25, -0.2) is 0 Å². The van der Waals surface area contributed by atoms with Crippen molar-refractivity contribution in [3.8, 4) is 5.75 Å². The standard InChI is InChI=1S/C21H28O14/c1-9(25)32-11-4-2-10(3-5-11)17(29)21(19(31)16(28)14(26)12(6-22)34-21)35-20(8-24)18(30)15(27)13(7-23)33-20/h2-5,12-16,18-19,22-24,26-28,30-31H,6-8H2,1H3/t12-,13-,14-,15-,16+,18+,19-,20?,21+/m1/s1. The third-order valence-electron chi connectivity index (χ3n) is 5.88. The first-order valence-electron chi connectivity index (χ1n) is 10.6. The molecule has 0 spiro atoms. The summed E-state index contributed by atoms with van der Waals surface area (Å²) in [5.41, 5.74) is -0.250. The smallest absolute Gasteiger partial charge is 0.308 e. The second-order valence-electron chi connectivity index (χ2n) is 8.23. The molecule has 196 valence electrons. The van der Waals surface area contributed by atoms with Crippen molar-refractivity contribution in [2.45, 2.75) is 61.2 Å². The van der Waals surface area contributed by atoms with Gasteiger partial charge < -0.3 is 59.8 Å². The predicted molar refractivity (Wildman–Crippen MR) is 110 cm³/mol. The highest BCUT2D eigenvalue weighted by Gasteiger charge is 2.66. The molecule has 3 rings (SSSR count). The molecule has 2 aliphatic heterocycles. The number of Topliss-reactive ketones (excluding diaryl/α,β-unsaturated/α-hetero) is 1. The minimum absolute atomic E-state index is 0.0631. The summed E-state index contributed by atoms with van der Waals surface area (Å²) in [6.45, 7) is -1.84. The van der Waals surface area contributed by atoms with Gasteiger partial charge in [-0.2, -0.15) is 0 Å². The van der Waals surface area contributed by atoms with Crippen LogP contribution >= 0.6 is 0 Å². The van der Waals surface area contributed by atoms with Gasteiger partial charge >= 0.3 is 5.97 Å². The molecule has 0 aliphatic carbocycles. The van der Waals surface area contributed by atoms with Gasteiger partial charge in [0.25, 0.3) is 5.79 Å². The van der Waals surface area contributed by atoms with E-state index in [1.807, 2.05) is 0 Å². The maximum atomic E-state index is 13.6. The SMILES string of the molecule is CC(=O)Oc1ccc(C(=O)[C@@]2(OC3(CO)O[C@H](CO)[C@@H](O)[C@@H]3O)O[C@H](CO)[C@@H](O)[C@H](O)[C@H]2O)cc1. The summed E-state index contributed by atoms with van der Waals surface area (Å²) < 4.78 is 21.2. The molecule has 2 saturated heterocycles. The van der Waals surface area contributed by atoms with E-state index in [1.165, 1.54) is 12.1 Å². The fraction of sp³-hybridized carbons (Fsp3) is 0.619. The van der Waals surface area contributed by atoms with E-state index in [0.717, 1.165) is 19.1 Å². The van der Waals surface area contributed by atoms with Crippen LogP contribution < -0.4 is 4.74 Å². The number of hydrogen-bond acceptors (Lipinski definition) is 14. The number of aliphatic hydroxyl groups is 8. The van der Waals surface area contributed by atoms with Gasteiger partial charge in [0.05, 0.1) is 13.2 Å². The lowest BCUT2D eigenvalue weighted by Gasteiger charge is -2.50. The van der Waals surface area contributed by atoms with Crippen molar-refractivity contribution < 1.29 is 69.4 Å². The molecule has 9 atom stereocenters. The van der Waals surface area contributed by atoms with Crippen LogP contribution in [0.4, 0.5) is 0 Å². The van der Waals surface area contributed by atoms with Crippen molar-refractivity contribution in [1.29, 1.82) is 0 Å². The van der Waals surface area contributed by atoms with Crippen LogP contribution in [0.1, 0.15) is 17.3 Å². The number of esters is 1. The lowest BCUT2D eigenvalue weighted by molar-refractivity contribution is -0.412. The molecule has 0 bridgehead atoms. The maximum Gasteiger partial charge on any atom is 0.308 e. The Hall–Kier alpha value is -2.08. The van der Waals surface area contributed by atoms with Gasteiger partial charge in [0, 0.05) is 12.5 Å². The zero-order chi connectivity index (χ0) is 26.1. The van der Waals surface area contributed by atoms with Crippen LogP contribution in [0.2, 0.25) is 0 Å². The number of ether oxygens (including phenoxy) is 4. The van der Waals surface area contributed by atoms with Gasteiger partial charge in [-0.05, 0) is 24.3 Å². The lowest BCUT2D eigenvalue weighted by atomic mass is 9.87. The summed E-state index contributed by atoms with van der Waals surface area (Å²) in [5, 5.41) is 81.2. The fourth-order valence-corrected chi connectivity index (χ4v) is 4.01. The Morgan fingerprint density at radius 1 is 0.857 bits per heavy atom. The zero-order valence-electron chi connectivity index (χ0n) is 18.5. The van der Waals surface area contributed by atoms with Crippen molar-refractivity contribution >= 4 is 11.8 Å². The number of carbonyl (C=O) groups excluding carboxylic acids is 2. The van der Waals surface area contributed by atoms with Crippen molar-refractivity contribution in [3.05, 3.63) is 29.8 Å². The maximum absolute atomic E-state index is 13.6. The monoisotopic (exact) mass is 504 g/mol. The minimum Gasteiger partial charge on any atom is -0.427 e. The molecule has 1 aromatic carbocycles. The van der Waals surface area contributed by atoms with Gasteiger partial charge in [0.15, 0.2) is 0 Å². The Kier molecular flexibility index (Phi) is 8.25. The molecule has 0 radical (unpaired) electrons. The van der Waals surface area contributed by atoms with Gasteiger partial charge in [-0.1, -0.05) is 0 Å². The van der Waals surface area contributed by atoms with Crippen LogP contribution in [0.3, 0.4) is 0 Å². The molecule has 2 aliphatic rings. The molecule has 14 nitrogen and oxygen atoms in total. The topological polar surface area (TPSA) is 233 Å². The summed E-state index contributed by atoms with van der Waals surface area (Å²) in [6, 6.07) is 4.74. The molecule has 0 amide bonds. The molecule has 14 heteroatoms. The number of carbonyl (C=O) groups is 2. The fourth-order valence-electron chi connectivity index (χ4n) is 4.01. The van der Waals surface area contributed by atoms with E-state index >= 15 is 0 Å². The highest BCUT2D eigenvalue weighted by atomic mass is 16.8. The molecular weight excluding hydrogens is 476 g/mol. The molecular formula is C21H28O14. The molecule has 2 fully saturated rings. The molecule has 0 aromatic heterocycles. The summed E-state index contributed by atoms with van der Waals surface area (Å²) in [4.78, 5) is 24.8. The van der Waals surface area contributed by atoms with E-state index in [4.69, 9.17) is 18.9 Å². The lowest BCUT2D eigenvalue weighted by Crippen LogP contribution is -2.72. The van der Waals surface area contributed by atoms with Crippen LogP contribution in [-0.4, -0.2) is 127 Å². The largest absolute Gasteiger partial charge is 0.427 e. The van der Waals surface area contributed by atoms with Crippen LogP contribution in [-0.2, 0) is 19.0 Å². The van der Waals surface area contributed by atoms with E-state index in [1.54, 1.807) is 0 Å². The number of ketones is 1. The molecule has 8 N–H and O–H groups in total. The average Bonchev–Trinajstić information content (AvgIpc) is 3.09. The normalized spacial score (nSPS) is 39.4. The van der Waals surface area contributed by atoms with Crippen LogP contribution in [0.15, 0.2) is 24.3 Å². The Balaban J connectivity index is 2.09. The molecule has 35 heavy (non-hydrogen) atoms. The van der Waals surface area contributed by atoms with Crippen molar-refractivity contribution in [3.63, 3.8) is 0 Å². The van der Waals surface area contributed by atoms with Gasteiger partial charge in [-0.3, -0.25) is 9.59 Å². The zero-order valence-corrected chi connectivity index (χ0v) is 18.5. The first kappa shape index (κ1) is 27.5. The number of benzene rings is 1. The summed E-state index contributed by atoms with van der Waals surface area (Å²) >= 11 is 0. The predicted octanol–water partition coefficient (Wildman–Crippen LogP) is -4.22. The summed E-state index contributed by atoms with van der Waals surface area (Å²) in [7, 11) is 0. The van der Waals surface area contributed by atoms with Crippen LogP contribution in [0.5, 0.6) is 5.75 Å².